The molecule has 0 aliphatic rings. The molecular formula is C21H15ClN6O. The topological polar surface area (TPSA) is 112 Å². The molecule has 2 aromatic carbocycles. The molecule has 5 aromatic rings. The highest BCUT2D eigenvalue weighted by atomic mass is 35.5. The molecule has 0 aliphatic carbocycles. The van der Waals surface area contributed by atoms with Crippen LogP contribution in [0, 0.1) is 0 Å². The van der Waals surface area contributed by atoms with Gasteiger partial charge in [0.25, 0.3) is 5.91 Å². The molecule has 7 nitrogen and oxygen atoms in total. The van der Waals surface area contributed by atoms with E-state index in [0.717, 1.165) is 27.4 Å². The lowest BCUT2D eigenvalue weighted by molar-refractivity contribution is 0.102. The second-order valence-electron chi connectivity index (χ2n) is 6.68. The number of halogens is 1. The minimum absolute atomic E-state index is 0.260. The molecule has 8 heteroatoms. The predicted molar refractivity (Wildman–Crippen MR) is 115 cm³/mol. The van der Waals surface area contributed by atoms with E-state index in [4.69, 9.17) is 17.3 Å². The van der Waals surface area contributed by atoms with Crippen LogP contribution in [0.25, 0.3) is 32.9 Å². The molecule has 5 rings (SSSR count). The van der Waals surface area contributed by atoms with E-state index in [9.17, 15) is 4.79 Å². The fourth-order valence-corrected chi connectivity index (χ4v) is 3.62. The number of nitrogens with two attached hydrogens (primary N) is 1. The highest BCUT2D eigenvalue weighted by Crippen LogP contribution is 2.33. The molecule has 0 unspecified atom stereocenters. The van der Waals surface area contributed by atoms with E-state index in [-0.39, 0.29) is 5.91 Å². The van der Waals surface area contributed by atoms with Crippen LogP contribution < -0.4 is 11.1 Å². The van der Waals surface area contributed by atoms with E-state index in [1.165, 1.54) is 0 Å². The third-order valence-corrected chi connectivity index (χ3v) is 5.01. The summed E-state index contributed by atoms with van der Waals surface area (Å²) in [6.07, 6.45) is 5.27. The molecule has 0 saturated heterocycles. The number of H-pyrrole nitrogens is 2. The molecule has 0 saturated carbocycles. The lowest BCUT2D eigenvalue weighted by atomic mass is 10.00. The van der Waals surface area contributed by atoms with E-state index >= 15 is 0 Å². The highest BCUT2D eigenvalue weighted by molar-refractivity contribution is 6.31. The quantitative estimate of drug-likeness (QED) is 0.353. The van der Waals surface area contributed by atoms with Crippen LogP contribution in [0.4, 0.5) is 11.5 Å². The van der Waals surface area contributed by atoms with Gasteiger partial charge in [0.05, 0.1) is 29.0 Å². The zero-order valence-electron chi connectivity index (χ0n) is 15.0. The van der Waals surface area contributed by atoms with Crippen molar-refractivity contribution in [2.24, 2.45) is 0 Å². The number of aromatic amines is 2. The Morgan fingerprint density at radius 1 is 1.14 bits per heavy atom. The number of hydrogen-bond acceptors (Lipinski definition) is 4. The van der Waals surface area contributed by atoms with Gasteiger partial charge in [-0.2, -0.15) is 5.10 Å². The predicted octanol–water partition coefficient (Wildman–Crippen LogP) is 4.59. The average Bonchev–Trinajstić information content (AvgIpc) is 3.33. The van der Waals surface area contributed by atoms with Crippen molar-refractivity contribution in [1.82, 2.24) is 20.2 Å². The maximum absolute atomic E-state index is 13.0. The molecule has 29 heavy (non-hydrogen) atoms. The number of nitrogens with one attached hydrogen (secondary N) is 3. The third kappa shape index (κ3) is 3.07. The summed E-state index contributed by atoms with van der Waals surface area (Å²) in [4.78, 5) is 20.3. The van der Waals surface area contributed by atoms with Crippen LogP contribution in [-0.2, 0) is 0 Å². The Balaban J connectivity index is 1.63. The first-order valence-electron chi connectivity index (χ1n) is 8.85. The molecule has 142 valence electrons. The van der Waals surface area contributed by atoms with Crippen molar-refractivity contribution >= 4 is 50.8 Å². The standard InChI is InChI=1S/C21H15ClN6O/c22-13-2-1-3-14(6-13)27-21(29)16-5-11(4-12-8-26-28-20(12)16)17-9-24-18-10-25-19(23)7-15(17)18/h1-10,24H,(H2,23,25)(H,26,28)(H,27,29). The van der Waals surface area contributed by atoms with E-state index in [1.54, 1.807) is 36.7 Å². The smallest absolute Gasteiger partial charge is 0.257 e. The van der Waals surface area contributed by atoms with E-state index in [1.807, 2.05) is 24.4 Å². The van der Waals surface area contributed by atoms with Crippen LogP contribution in [0.5, 0.6) is 0 Å². The monoisotopic (exact) mass is 402 g/mol. The number of aromatic nitrogens is 4. The van der Waals surface area contributed by atoms with Gasteiger partial charge < -0.3 is 16.0 Å². The van der Waals surface area contributed by atoms with Crippen molar-refractivity contribution in [2.75, 3.05) is 11.1 Å². The minimum atomic E-state index is -0.260. The molecule has 0 fully saturated rings. The molecule has 0 radical (unpaired) electrons. The summed E-state index contributed by atoms with van der Waals surface area (Å²) >= 11 is 6.03. The van der Waals surface area contributed by atoms with E-state index in [2.05, 4.69) is 25.5 Å². The number of pyridine rings is 1. The maximum atomic E-state index is 13.0. The Kier molecular flexibility index (Phi) is 3.96. The Hall–Kier alpha value is -3.84. The van der Waals surface area contributed by atoms with Crippen molar-refractivity contribution in [1.29, 1.82) is 0 Å². The summed E-state index contributed by atoms with van der Waals surface area (Å²) in [7, 11) is 0. The van der Waals surface area contributed by atoms with E-state index in [0.29, 0.717) is 27.6 Å². The molecule has 0 aliphatic heterocycles. The fourth-order valence-electron chi connectivity index (χ4n) is 3.43. The molecule has 1 amide bonds. The van der Waals surface area contributed by atoms with Gasteiger partial charge in [-0.05, 0) is 42.0 Å². The van der Waals surface area contributed by atoms with Crippen molar-refractivity contribution in [3.63, 3.8) is 0 Å². The number of amides is 1. The SMILES string of the molecule is Nc1cc2c(-c3cc(C(=O)Nc4cccc(Cl)c4)c4[nH]ncc4c3)c[nH]c2cn1. The number of carbonyl (C=O) groups is 1. The van der Waals surface area contributed by atoms with Gasteiger partial charge in [-0.25, -0.2) is 4.98 Å². The van der Waals surface area contributed by atoms with Crippen molar-refractivity contribution in [3.05, 3.63) is 71.6 Å². The summed E-state index contributed by atoms with van der Waals surface area (Å²) in [5.74, 6) is 0.172. The summed E-state index contributed by atoms with van der Waals surface area (Å²) in [6, 6.07) is 12.6. The Morgan fingerprint density at radius 2 is 2.03 bits per heavy atom. The number of nitrogens with zero attached hydrogens (tertiary/aromatic N) is 2. The first-order valence-corrected chi connectivity index (χ1v) is 9.23. The summed E-state index contributed by atoms with van der Waals surface area (Å²) < 4.78 is 0. The Bertz CT molecular complexity index is 1390. The van der Waals surface area contributed by atoms with Gasteiger partial charge in [0.2, 0.25) is 0 Å². The van der Waals surface area contributed by atoms with Crippen LogP contribution in [0.2, 0.25) is 5.02 Å². The largest absolute Gasteiger partial charge is 0.384 e. The zero-order valence-corrected chi connectivity index (χ0v) is 15.8. The molecule has 0 spiro atoms. The van der Waals surface area contributed by atoms with Crippen molar-refractivity contribution in [3.8, 4) is 11.1 Å². The number of benzene rings is 2. The first kappa shape index (κ1) is 17.3. The number of hydrogen-bond donors (Lipinski definition) is 4. The molecule has 5 N–H and O–H groups in total. The maximum Gasteiger partial charge on any atom is 0.257 e. The van der Waals surface area contributed by atoms with Crippen LogP contribution in [0.3, 0.4) is 0 Å². The van der Waals surface area contributed by atoms with Gasteiger partial charge in [-0.15, -0.1) is 0 Å². The van der Waals surface area contributed by atoms with Gasteiger partial charge in [0.1, 0.15) is 5.82 Å². The average molecular weight is 403 g/mol. The van der Waals surface area contributed by atoms with Gasteiger partial charge in [-0.1, -0.05) is 17.7 Å². The second-order valence-corrected chi connectivity index (χ2v) is 7.12. The van der Waals surface area contributed by atoms with Crippen LogP contribution in [-0.4, -0.2) is 26.1 Å². The molecule has 3 aromatic heterocycles. The minimum Gasteiger partial charge on any atom is -0.384 e. The van der Waals surface area contributed by atoms with Crippen molar-refractivity contribution < 1.29 is 4.79 Å². The van der Waals surface area contributed by atoms with Crippen LogP contribution in [0.15, 0.2) is 61.1 Å². The van der Waals surface area contributed by atoms with Gasteiger partial charge >= 0.3 is 0 Å². The van der Waals surface area contributed by atoms with Gasteiger partial charge in [0.15, 0.2) is 0 Å². The van der Waals surface area contributed by atoms with Crippen molar-refractivity contribution in [2.45, 2.75) is 0 Å². The lowest BCUT2D eigenvalue weighted by Gasteiger charge is -2.09. The Morgan fingerprint density at radius 3 is 2.90 bits per heavy atom. The van der Waals surface area contributed by atoms with Crippen LogP contribution >= 0.6 is 11.6 Å². The Labute approximate surface area is 169 Å². The number of rotatable bonds is 3. The highest BCUT2D eigenvalue weighted by Gasteiger charge is 2.16. The summed E-state index contributed by atoms with van der Waals surface area (Å²) in [5, 5.41) is 12.2. The normalized spacial score (nSPS) is 11.2. The van der Waals surface area contributed by atoms with Gasteiger partial charge in [0, 0.05) is 33.2 Å². The lowest BCUT2D eigenvalue weighted by Crippen LogP contribution is -2.12. The number of anilines is 2. The number of nitrogen functional groups attached to an aromatic ring is 1. The second kappa shape index (κ2) is 6.65. The zero-order chi connectivity index (χ0) is 20.0. The molecule has 0 bridgehead atoms. The van der Waals surface area contributed by atoms with Crippen LogP contribution in [0.1, 0.15) is 10.4 Å². The molecule has 3 heterocycles. The molecular weight excluding hydrogens is 388 g/mol. The fraction of sp³-hybridized carbons (Fsp3) is 0. The first-order chi connectivity index (χ1) is 14.1. The summed E-state index contributed by atoms with van der Waals surface area (Å²) in [6.45, 7) is 0. The summed E-state index contributed by atoms with van der Waals surface area (Å²) in [5.41, 5.74) is 10.3. The van der Waals surface area contributed by atoms with Gasteiger partial charge in [-0.3, -0.25) is 9.89 Å². The van der Waals surface area contributed by atoms with E-state index < -0.39 is 0 Å². The molecule has 0 atom stereocenters. The third-order valence-electron chi connectivity index (χ3n) is 4.77. The number of fused-ring (bicyclic) bond motifs is 2. The number of carbonyl (C=O) groups excluding carboxylic acids is 1.